The van der Waals surface area contributed by atoms with Crippen molar-refractivity contribution >= 4 is 76.8 Å². The van der Waals surface area contributed by atoms with Gasteiger partial charge in [0.2, 0.25) is 0 Å². The fourth-order valence-electron chi connectivity index (χ4n) is 2.88. The van der Waals surface area contributed by atoms with E-state index in [2.05, 4.69) is 10.2 Å². The molecular weight excluding hydrogens is 534 g/mol. The summed E-state index contributed by atoms with van der Waals surface area (Å²) in [6.07, 6.45) is 0. The van der Waals surface area contributed by atoms with E-state index >= 15 is 0 Å². The second kappa shape index (κ2) is 10.3. The zero-order valence-electron chi connectivity index (χ0n) is 17.2. The van der Waals surface area contributed by atoms with Crippen molar-refractivity contribution in [3.8, 4) is 11.5 Å². The van der Waals surface area contributed by atoms with Crippen LogP contribution < -0.4 is 20.1 Å². The van der Waals surface area contributed by atoms with Crippen molar-refractivity contribution in [3.05, 3.63) is 78.4 Å². The molecule has 3 aromatic rings. The lowest BCUT2D eigenvalue weighted by Crippen LogP contribution is -2.09. The van der Waals surface area contributed by atoms with Crippen LogP contribution in [0.5, 0.6) is 11.5 Å². The standard InChI is InChI=1S/C21H18N2O4P2S4/c1-26-17-5-9-19(10-6-17)28(30)32-29(31,33-28)20-11-7-18(8-12-20)27-14-22-23-16-4-2-3-15(13-16)21(24)25/h2-13H,14H2,1H3,(H,24,25). The van der Waals surface area contributed by atoms with Gasteiger partial charge in [0.25, 0.3) is 0 Å². The second-order valence-corrected chi connectivity index (χ2v) is 28.0. The predicted octanol–water partition coefficient (Wildman–Crippen LogP) is 6.56. The summed E-state index contributed by atoms with van der Waals surface area (Å²) < 4.78 is 7.26. The van der Waals surface area contributed by atoms with Gasteiger partial charge in [-0.25, -0.2) is 4.79 Å². The van der Waals surface area contributed by atoms with Crippen LogP contribution in [0.25, 0.3) is 0 Å². The summed E-state index contributed by atoms with van der Waals surface area (Å²) in [4.78, 5) is 11.0. The Morgan fingerprint density at radius 1 is 0.939 bits per heavy atom. The Morgan fingerprint density at radius 3 is 2.06 bits per heavy atom. The van der Waals surface area contributed by atoms with E-state index in [1.165, 1.54) is 12.1 Å². The van der Waals surface area contributed by atoms with E-state index in [1.54, 1.807) is 41.2 Å². The first-order valence-corrected chi connectivity index (χ1v) is 19.2. The van der Waals surface area contributed by atoms with Crippen LogP contribution in [0.4, 0.5) is 5.69 Å². The van der Waals surface area contributed by atoms with Crippen molar-refractivity contribution in [2.45, 2.75) is 0 Å². The minimum absolute atomic E-state index is 0.0204. The first-order valence-electron chi connectivity index (χ1n) is 9.53. The number of carboxylic acid groups (broad SMARTS) is 1. The molecule has 4 rings (SSSR count). The number of benzene rings is 3. The molecule has 0 aliphatic carbocycles. The summed E-state index contributed by atoms with van der Waals surface area (Å²) in [5, 5.41) is 19.3. The molecule has 1 aliphatic heterocycles. The Hall–Kier alpha value is -1.67. The SMILES string of the molecule is COc1ccc(P2(=S)SP(=S)(c3ccc(OCN=Nc4cccc(C(=O)O)c4)cc3)S2)cc1. The summed E-state index contributed by atoms with van der Waals surface area (Å²) in [6, 6.07) is 22.0. The third-order valence-electron chi connectivity index (χ3n) is 4.54. The molecule has 0 spiro atoms. The van der Waals surface area contributed by atoms with Gasteiger partial charge >= 0.3 is 5.97 Å². The molecule has 170 valence electrons. The smallest absolute Gasteiger partial charge is 0.335 e. The van der Waals surface area contributed by atoms with Crippen LogP contribution in [0.1, 0.15) is 10.4 Å². The highest BCUT2D eigenvalue weighted by molar-refractivity contribution is 9.48. The Kier molecular flexibility index (Phi) is 7.63. The fraction of sp³-hybridized carbons (Fsp3) is 0.0952. The number of rotatable bonds is 8. The zero-order chi connectivity index (χ0) is 23.5. The molecule has 1 aliphatic rings. The topological polar surface area (TPSA) is 80.5 Å². The number of carbonyl (C=O) groups is 1. The molecule has 6 nitrogen and oxygen atoms in total. The molecule has 0 amide bonds. The normalized spacial score (nSPS) is 22.0. The van der Waals surface area contributed by atoms with E-state index < -0.39 is 14.9 Å². The van der Waals surface area contributed by atoms with Gasteiger partial charge in [0.15, 0.2) is 6.73 Å². The molecule has 3 aromatic carbocycles. The first kappa shape index (κ1) is 24.5. The Morgan fingerprint density at radius 2 is 1.52 bits per heavy atom. The number of ether oxygens (including phenoxy) is 2. The Labute approximate surface area is 209 Å². The molecule has 1 N–H and O–H groups in total. The number of carboxylic acids is 1. The fourth-order valence-corrected chi connectivity index (χ4v) is 45.2. The van der Waals surface area contributed by atoms with Crippen molar-refractivity contribution in [2.24, 2.45) is 10.2 Å². The van der Waals surface area contributed by atoms with Crippen molar-refractivity contribution in [1.29, 1.82) is 0 Å². The van der Waals surface area contributed by atoms with E-state index in [0.717, 1.165) is 16.4 Å². The number of hydrogen-bond acceptors (Lipinski definition) is 9. The monoisotopic (exact) mass is 552 g/mol. The molecule has 1 heterocycles. The van der Waals surface area contributed by atoms with E-state index in [0.29, 0.717) is 11.4 Å². The lowest BCUT2D eigenvalue weighted by atomic mass is 10.2. The van der Waals surface area contributed by atoms with Gasteiger partial charge in [0, 0.05) is 10.6 Å². The van der Waals surface area contributed by atoms with Crippen LogP contribution in [0.3, 0.4) is 0 Å². The maximum atomic E-state index is 11.0. The maximum Gasteiger partial charge on any atom is 0.335 e. The van der Waals surface area contributed by atoms with Crippen LogP contribution in [0.15, 0.2) is 83.0 Å². The predicted molar refractivity (Wildman–Crippen MR) is 146 cm³/mol. The molecule has 0 unspecified atom stereocenters. The van der Waals surface area contributed by atoms with Crippen LogP contribution in [-0.2, 0) is 23.6 Å². The van der Waals surface area contributed by atoms with Gasteiger partial charge in [-0.2, -0.15) is 5.11 Å². The number of hydrogen-bond donors (Lipinski definition) is 1. The summed E-state index contributed by atoms with van der Waals surface area (Å²) >= 11 is 15.5. The first-order chi connectivity index (χ1) is 15.8. The molecule has 1 saturated heterocycles. The summed E-state index contributed by atoms with van der Waals surface area (Å²) in [7, 11) is 1.65. The number of nitrogens with zero attached hydrogens (tertiary/aromatic N) is 2. The largest absolute Gasteiger partial charge is 0.497 e. The Balaban J connectivity index is 1.34. The second-order valence-electron chi connectivity index (χ2n) is 6.72. The third-order valence-corrected chi connectivity index (χ3v) is 35.8. The van der Waals surface area contributed by atoms with Gasteiger partial charge in [-0.05, 0) is 66.7 Å². The minimum Gasteiger partial charge on any atom is -0.497 e. The van der Waals surface area contributed by atoms with Crippen LogP contribution in [-0.4, -0.2) is 24.9 Å². The van der Waals surface area contributed by atoms with Crippen molar-refractivity contribution in [3.63, 3.8) is 0 Å². The van der Waals surface area contributed by atoms with Gasteiger partial charge in [-0.3, -0.25) is 0 Å². The van der Waals surface area contributed by atoms with Gasteiger partial charge < -0.3 is 14.6 Å². The molecule has 0 aromatic heterocycles. The molecule has 33 heavy (non-hydrogen) atoms. The minimum atomic E-state index is -1.82. The third kappa shape index (κ3) is 5.70. The summed E-state index contributed by atoms with van der Waals surface area (Å²) in [5.41, 5.74) is 0.617. The van der Waals surface area contributed by atoms with Crippen molar-refractivity contribution in [2.75, 3.05) is 13.8 Å². The summed E-state index contributed by atoms with van der Waals surface area (Å²) in [6.45, 7) is 0.0204. The average Bonchev–Trinajstić information content (AvgIpc) is 2.81. The zero-order valence-corrected chi connectivity index (χ0v) is 22.3. The molecule has 0 bridgehead atoms. The molecule has 0 atom stereocenters. The molecule has 0 saturated carbocycles. The Bertz CT molecular complexity index is 1290. The highest BCUT2D eigenvalue weighted by Gasteiger charge is 2.45. The molecule has 0 radical (unpaired) electrons. The van der Waals surface area contributed by atoms with Crippen LogP contribution >= 0.6 is 30.9 Å². The molecule has 1 fully saturated rings. The van der Waals surface area contributed by atoms with E-state index in [4.69, 9.17) is 38.2 Å². The van der Waals surface area contributed by atoms with E-state index in [9.17, 15) is 4.79 Å². The van der Waals surface area contributed by atoms with E-state index in [1.807, 2.05) is 48.5 Å². The number of aromatic carboxylic acids is 1. The van der Waals surface area contributed by atoms with E-state index in [-0.39, 0.29) is 12.3 Å². The highest BCUT2D eigenvalue weighted by Crippen LogP contribution is 3.04. The van der Waals surface area contributed by atoms with Crippen LogP contribution in [0.2, 0.25) is 0 Å². The lowest BCUT2D eigenvalue weighted by molar-refractivity contribution is 0.0697. The quantitative estimate of drug-likeness (QED) is 0.249. The van der Waals surface area contributed by atoms with Gasteiger partial charge in [-0.1, -0.05) is 51.7 Å². The molecule has 12 heteroatoms. The van der Waals surface area contributed by atoms with Gasteiger partial charge in [-0.15, -0.1) is 5.11 Å². The van der Waals surface area contributed by atoms with Gasteiger partial charge in [0.05, 0.1) is 27.2 Å². The average molecular weight is 553 g/mol. The van der Waals surface area contributed by atoms with Crippen LogP contribution in [0, 0.1) is 0 Å². The van der Waals surface area contributed by atoms with Crippen molar-refractivity contribution < 1.29 is 19.4 Å². The number of azo groups is 1. The van der Waals surface area contributed by atoms with Gasteiger partial charge in [0.1, 0.15) is 11.5 Å². The molecular formula is C21H18N2O4P2S4. The maximum absolute atomic E-state index is 11.0. The summed E-state index contributed by atoms with van der Waals surface area (Å²) in [5.74, 6) is 0.468. The van der Waals surface area contributed by atoms with Crippen molar-refractivity contribution in [1.82, 2.24) is 0 Å². The number of methoxy groups -OCH3 is 1. The highest BCUT2D eigenvalue weighted by atomic mass is 33.7. The lowest BCUT2D eigenvalue weighted by Gasteiger charge is -2.40.